The molecular formula is C10H17N8O2P. The third kappa shape index (κ3) is 6.13. The van der Waals surface area contributed by atoms with Crippen LogP contribution in [0, 0.1) is 5.41 Å². The van der Waals surface area contributed by atoms with Gasteiger partial charge in [-0.15, -0.1) is 5.10 Å². The van der Waals surface area contributed by atoms with E-state index in [1.807, 2.05) is 0 Å². The van der Waals surface area contributed by atoms with Gasteiger partial charge < -0.3 is 9.82 Å². The molecule has 0 fully saturated rings. The molecule has 0 aliphatic carbocycles. The number of hydrazine groups is 3. The predicted octanol–water partition coefficient (Wildman–Crippen LogP) is -1.03. The Labute approximate surface area is 124 Å². The van der Waals surface area contributed by atoms with E-state index in [0.29, 0.717) is 17.8 Å². The van der Waals surface area contributed by atoms with Crippen molar-refractivity contribution in [2.24, 2.45) is 0 Å². The minimum absolute atomic E-state index is 0.0158. The Morgan fingerprint density at radius 3 is 3.14 bits per heavy atom. The van der Waals surface area contributed by atoms with Crippen LogP contribution in [0.3, 0.4) is 0 Å². The lowest BCUT2D eigenvalue weighted by Crippen LogP contribution is -2.51. The molecule has 1 rings (SSSR count). The topological polar surface area (TPSA) is 127 Å². The fourth-order valence-corrected chi connectivity index (χ4v) is 1.38. The first-order valence-electron chi connectivity index (χ1n) is 5.77. The molecule has 1 atom stereocenters. The smallest absolute Gasteiger partial charge is 0.222 e. The van der Waals surface area contributed by atoms with Gasteiger partial charge in [0.1, 0.15) is 12.3 Å². The van der Waals surface area contributed by atoms with Crippen molar-refractivity contribution in [2.45, 2.75) is 6.61 Å². The molecule has 0 saturated carbocycles. The Morgan fingerprint density at radius 1 is 1.62 bits per heavy atom. The van der Waals surface area contributed by atoms with Crippen molar-refractivity contribution < 1.29 is 9.53 Å². The minimum atomic E-state index is -0.0158. The quantitative estimate of drug-likeness (QED) is 0.0978. The maximum atomic E-state index is 10.1. The van der Waals surface area contributed by atoms with Crippen molar-refractivity contribution >= 4 is 27.4 Å². The Hall–Kier alpha value is -2.29. The Morgan fingerprint density at radius 2 is 2.43 bits per heavy atom. The molecule has 5 N–H and O–H groups in total. The van der Waals surface area contributed by atoms with Gasteiger partial charge in [0.25, 0.3) is 0 Å². The lowest BCUT2D eigenvalue weighted by molar-refractivity contribution is -0.110. The number of anilines is 1. The molecule has 0 aromatic carbocycles. The Kier molecular flexibility index (Phi) is 7.65. The average Bonchev–Trinajstić information content (AvgIpc) is 2.51. The van der Waals surface area contributed by atoms with Crippen molar-refractivity contribution in [2.75, 3.05) is 12.1 Å². The number of nitrogens with one attached hydrogen (secondary N) is 5. The first kappa shape index (κ1) is 16.8. The van der Waals surface area contributed by atoms with E-state index >= 15 is 0 Å². The van der Waals surface area contributed by atoms with E-state index in [0.717, 1.165) is 0 Å². The van der Waals surface area contributed by atoms with Crippen LogP contribution < -0.4 is 26.6 Å². The fraction of sp³-hybridized carbons (Fsp3) is 0.200. The van der Waals surface area contributed by atoms with Crippen molar-refractivity contribution in [1.82, 2.24) is 31.8 Å². The molecule has 11 heteroatoms. The number of hydrogen-bond acceptors (Lipinski definition) is 9. The summed E-state index contributed by atoms with van der Waals surface area (Å²) in [4.78, 5) is 10.1. The van der Waals surface area contributed by atoms with Gasteiger partial charge in [-0.25, -0.2) is 0 Å². The second-order valence-electron chi connectivity index (χ2n) is 3.57. The summed E-state index contributed by atoms with van der Waals surface area (Å²) in [7, 11) is 3.99. The minimum Gasteiger partial charge on any atom is -0.471 e. The lowest BCUT2D eigenvalue weighted by Gasteiger charge is -2.21. The summed E-state index contributed by atoms with van der Waals surface area (Å²) in [6.45, 7) is 0.0797. The molecular weight excluding hydrogens is 295 g/mol. The first-order chi connectivity index (χ1) is 10.2. The van der Waals surface area contributed by atoms with Crippen LogP contribution in [0.1, 0.15) is 5.69 Å². The molecule has 0 radical (unpaired) electrons. The highest BCUT2D eigenvalue weighted by atomic mass is 31.0. The van der Waals surface area contributed by atoms with Crippen molar-refractivity contribution in [3.05, 3.63) is 30.2 Å². The predicted molar refractivity (Wildman–Crippen MR) is 80.4 cm³/mol. The fourth-order valence-electron chi connectivity index (χ4n) is 1.29. The van der Waals surface area contributed by atoms with Gasteiger partial charge in [-0.05, 0) is 15.5 Å². The van der Waals surface area contributed by atoms with Gasteiger partial charge in [-0.2, -0.15) is 16.2 Å². The lowest BCUT2D eigenvalue weighted by atomic mass is 10.3. The van der Waals surface area contributed by atoms with Gasteiger partial charge in [-0.1, -0.05) is 0 Å². The van der Waals surface area contributed by atoms with Crippen LogP contribution in [0.25, 0.3) is 0 Å². The number of ether oxygens (including phenoxy) is 1. The summed E-state index contributed by atoms with van der Waals surface area (Å²) in [5.41, 5.74) is 8.59. The van der Waals surface area contributed by atoms with Crippen molar-refractivity contribution in [1.29, 1.82) is 5.41 Å². The number of rotatable bonds is 9. The highest BCUT2D eigenvalue weighted by Crippen LogP contribution is 2.14. The van der Waals surface area contributed by atoms with Crippen LogP contribution in [-0.2, 0) is 16.1 Å². The number of nitrogens with zero attached hydrogens (tertiary/aromatic N) is 3. The number of hydrogen-bond donors (Lipinski definition) is 5. The molecule has 1 aromatic rings. The standard InChI is InChI=1S/C10H17N8O2P/c1-18(17-16-13-7-19)9-2-4-12-15-8(9)6-20-10(11)3-5-14-21/h2-5,7,11,14,16-17H,6,21H2,1H3,(H,13,19)/b5-3-,11-10?. The van der Waals surface area contributed by atoms with Crippen LogP contribution in [0.15, 0.2) is 24.5 Å². The highest BCUT2D eigenvalue weighted by Gasteiger charge is 2.09. The van der Waals surface area contributed by atoms with Crippen LogP contribution >= 0.6 is 9.39 Å². The highest BCUT2D eigenvalue weighted by molar-refractivity contribution is 7.13. The molecule has 1 amide bonds. The Balaban J connectivity index is 2.63. The number of amides is 1. The molecule has 0 bridgehead atoms. The first-order valence-corrected chi connectivity index (χ1v) is 6.35. The average molecular weight is 312 g/mol. The maximum Gasteiger partial charge on any atom is 0.222 e. The van der Waals surface area contributed by atoms with Gasteiger partial charge in [0.15, 0.2) is 0 Å². The summed E-state index contributed by atoms with van der Waals surface area (Å²) < 4.78 is 5.24. The summed E-state index contributed by atoms with van der Waals surface area (Å²) in [6, 6.07) is 1.71. The summed E-state index contributed by atoms with van der Waals surface area (Å²) in [5.74, 6) is -0.0158. The number of carbonyl (C=O) groups excluding carboxylic acids is 1. The van der Waals surface area contributed by atoms with E-state index < -0.39 is 0 Å². The molecule has 0 aliphatic rings. The molecule has 0 spiro atoms. The van der Waals surface area contributed by atoms with E-state index in [-0.39, 0.29) is 12.5 Å². The van der Waals surface area contributed by atoms with Gasteiger partial charge in [0.05, 0.1) is 11.9 Å². The van der Waals surface area contributed by atoms with E-state index in [4.69, 9.17) is 10.1 Å². The van der Waals surface area contributed by atoms with Gasteiger partial charge in [0, 0.05) is 19.3 Å². The second-order valence-corrected chi connectivity index (χ2v) is 3.91. The zero-order chi connectivity index (χ0) is 15.5. The van der Waals surface area contributed by atoms with Gasteiger partial charge in [-0.3, -0.25) is 20.6 Å². The van der Waals surface area contributed by atoms with E-state index in [1.54, 1.807) is 24.3 Å². The monoisotopic (exact) mass is 312 g/mol. The van der Waals surface area contributed by atoms with E-state index in [9.17, 15) is 4.79 Å². The largest absolute Gasteiger partial charge is 0.471 e. The summed E-state index contributed by atoms with van der Waals surface area (Å²) >= 11 is 0. The van der Waals surface area contributed by atoms with Gasteiger partial charge in [0.2, 0.25) is 12.3 Å². The molecule has 1 heterocycles. The molecule has 0 aliphatic heterocycles. The van der Waals surface area contributed by atoms with E-state index in [1.165, 1.54) is 12.3 Å². The third-order valence-electron chi connectivity index (χ3n) is 2.18. The maximum absolute atomic E-state index is 10.1. The SMILES string of the molecule is CN(NNNC=O)c1ccnnc1COC(=N)/C=C\NP. The van der Waals surface area contributed by atoms with Crippen LogP contribution in [0.4, 0.5) is 5.69 Å². The number of aromatic nitrogens is 2. The van der Waals surface area contributed by atoms with Crippen molar-refractivity contribution in [3.63, 3.8) is 0 Å². The second kappa shape index (κ2) is 9.59. The molecule has 1 aromatic heterocycles. The van der Waals surface area contributed by atoms with Crippen molar-refractivity contribution in [3.8, 4) is 0 Å². The van der Waals surface area contributed by atoms with Crippen LogP contribution in [0.5, 0.6) is 0 Å². The number of carbonyl (C=O) groups is 1. The molecule has 0 saturated heterocycles. The molecule has 1 unspecified atom stereocenters. The normalized spacial score (nSPS) is 10.2. The van der Waals surface area contributed by atoms with Crippen LogP contribution in [-0.4, -0.2) is 29.6 Å². The van der Waals surface area contributed by atoms with E-state index in [2.05, 4.69) is 41.2 Å². The molecule has 114 valence electrons. The summed E-state index contributed by atoms with van der Waals surface area (Å²) in [5, 5.41) is 19.6. The third-order valence-corrected chi connectivity index (χ3v) is 2.38. The molecule has 10 nitrogen and oxygen atoms in total. The van der Waals surface area contributed by atoms with Crippen LogP contribution in [0.2, 0.25) is 0 Å². The zero-order valence-corrected chi connectivity index (χ0v) is 12.5. The zero-order valence-electron chi connectivity index (χ0n) is 11.3. The molecule has 21 heavy (non-hydrogen) atoms. The summed E-state index contributed by atoms with van der Waals surface area (Å²) in [6.07, 6.45) is 5.02. The van der Waals surface area contributed by atoms with Gasteiger partial charge >= 0.3 is 0 Å². The Bertz CT molecular complexity index is 498.